The first kappa shape index (κ1) is 30.5. The van der Waals surface area contributed by atoms with Crippen molar-refractivity contribution >= 4 is 18.1 Å². The number of hydrogen-bond donors (Lipinski definition) is 1. The van der Waals surface area contributed by atoms with E-state index in [1.807, 2.05) is 45.0 Å². The smallest absolute Gasteiger partial charge is 0.341 e. The van der Waals surface area contributed by atoms with Gasteiger partial charge in [0.1, 0.15) is 23.9 Å². The van der Waals surface area contributed by atoms with Gasteiger partial charge in [0, 0.05) is 19.2 Å². The van der Waals surface area contributed by atoms with Gasteiger partial charge in [-0.15, -0.1) is 0 Å². The van der Waals surface area contributed by atoms with Gasteiger partial charge in [-0.1, -0.05) is 19.0 Å². The van der Waals surface area contributed by atoms with Gasteiger partial charge in [0.25, 0.3) is 5.91 Å². The van der Waals surface area contributed by atoms with E-state index in [-0.39, 0.29) is 11.7 Å². The number of ether oxygens (including phenoxy) is 3. The average Bonchev–Trinajstić information content (AvgIpc) is 2.92. The number of nitrogens with zero attached hydrogens (tertiary/aromatic N) is 2. The standard InChI is InChI=1S/C29H40N2O7/c1-4-16-31(17-5-2)29(34)26-15-14-25(20-27(26)37-22-28(32)33)36-19-9-7-8-18-35-24-12-10-23(11-13-24)21-30-38-6-3/h10-15,20-21H,4-9,16-19,22H2,1-3H3,(H,32,33). The summed E-state index contributed by atoms with van der Waals surface area (Å²) in [5.74, 6) is 0.269. The summed E-state index contributed by atoms with van der Waals surface area (Å²) in [6.07, 6.45) is 5.94. The Morgan fingerprint density at radius 1 is 0.868 bits per heavy atom. The van der Waals surface area contributed by atoms with E-state index in [9.17, 15) is 9.59 Å². The molecule has 208 valence electrons. The van der Waals surface area contributed by atoms with E-state index < -0.39 is 12.6 Å². The van der Waals surface area contributed by atoms with E-state index in [1.54, 1.807) is 29.3 Å². The number of unbranched alkanes of at least 4 members (excludes halogenated alkanes) is 2. The van der Waals surface area contributed by atoms with Crippen molar-refractivity contribution in [2.24, 2.45) is 5.16 Å². The van der Waals surface area contributed by atoms with E-state index >= 15 is 0 Å². The van der Waals surface area contributed by atoms with E-state index in [0.29, 0.717) is 44.2 Å². The molecule has 2 aromatic rings. The summed E-state index contributed by atoms with van der Waals surface area (Å²) in [6, 6.07) is 12.6. The Kier molecular flexibility index (Phi) is 14.2. The Hall–Kier alpha value is -3.75. The highest BCUT2D eigenvalue weighted by molar-refractivity contribution is 5.97. The normalized spacial score (nSPS) is 10.8. The lowest BCUT2D eigenvalue weighted by atomic mass is 10.1. The molecule has 0 radical (unpaired) electrons. The number of carboxylic acid groups (broad SMARTS) is 1. The fourth-order valence-electron chi connectivity index (χ4n) is 3.64. The molecular formula is C29H40N2O7. The van der Waals surface area contributed by atoms with Crippen molar-refractivity contribution in [3.63, 3.8) is 0 Å². The molecule has 0 aliphatic carbocycles. The third-order valence-corrected chi connectivity index (χ3v) is 5.42. The van der Waals surface area contributed by atoms with Gasteiger partial charge >= 0.3 is 5.97 Å². The Morgan fingerprint density at radius 2 is 1.50 bits per heavy atom. The van der Waals surface area contributed by atoms with E-state index in [0.717, 1.165) is 43.4 Å². The van der Waals surface area contributed by atoms with Gasteiger partial charge in [-0.3, -0.25) is 4.79 Å². The number of amides is 1. The maximum Gasteiger partial charge on any atom is 0.341 e. The molecule has 0 fully saturated rings. The molecule has 0 bridgehead atoms. The number of rotatable bonds is 19. The topological polar surface area (TPSA) is 107 Å². The maximum atomic E-state index is 13.1. The molecule has 9 heteroatoms. The highest BCUT2D eigenvalue weighted by atomic mass is 16.6. The molecule has 0 aromatic heterocycles. The van der Waals surface area contributed by atoms with Crippen LogP contribution in [0.3, 0.4) is 0 Å². The van der Waals surface area contributed by atoms with Gasteiger partial charge in [0.15, 0.2) is 6.61 Å². The molecule has 1 N–H and O–H groups in total. The molecule has 0 heterocycles. The maximum absolute atomic E-state index is 13.1. The minimum atomic E-state index is -1.11. The summed E-state index contributed by atoms with van der Waals surface area (Å²) in [5.41, 5.74) is 1.28. The molecule has 2 rings (SSSR count). The number of benzene rings is 2. The Balaban J connectivity index is 1.81. The summed E-state index contributed by atoms with van der Waals surface area (Å²) < 4.78 is 17.1. The van der Waals surface area contributed by atoms with Crippen LogP contribution in [0.25, 0.3) is 0 Å². The summed E-state index contributed by atoms with van der Waals surface area (Å²) in [6.45, 7) is 8.25. The number of aliphatic carboxylic acids is 1. The first-order valence-electron chi connectivity index (χ1n) is 13.3. The summed E-state index contributed by atoms with van der Waals surface area (Å²) in [7, 11) is 0. The van der Waals surface area contributed by atoms with Crippen LogP contribution in [0.1, 0.15) is 68.8 Å². The van der Waals surface area contributed by atoms with Crippen LogP contribution in [0.2, 0.25) is 0 Å². The second-order valence-electron chi connectivity index (χ2n) is 8.61. The lowest BCUT2D eigenvalue weighted by Crippen LogP contribution is -2.33. The van der Waals surface area contributed by atoms with Gasteiger partial charge in [-0.25, -0.2) is 4.79 Å². The molecule has 2 aromatic carbocycles. The Labute approximate surface area is 225 Å². The van der Waals surface area contributed by atoms with Crippen molar-refractivity contribution in [3.8, 4) is 17.2 Å². The predicted molar refractivity (Wildman–Crippen MR) is 147 cm³/mol. The van der Waals surface area contributed by atoms with Crippen LogP contribution in [0, 0.1) is 0 Å². The Morgan fingerprint density at radius 3 is 2.11 bits per heavy atom. The SMILES string of the molecule is CCCN(CCC)C(=O)c1ccc(OCCCCCOc2ccc(C=NOCC)cc2)cc1OCC(=O)O. The van der Waals surface area contributed by atoms with Gasteiger partial charge in [0.2, 0.25) is 0 Å². The van der Waals surface area contributed by atoms with Crippen LogP contribution in [0.4, 0.5) is 0 Å². The molecule has 38 heavy (non-hydrogen) atoms. The second kappa shape index (κ2) is 17.7. The number of carboxylic acids is 1. The number of oxime groups is 1. The number of carbonyl (C=O) groups is 2. The molecule has 9 nitrogen and oxygen atoms in total. The summed E-state index contributed by atoms with van der Waals surface area (Å²) in [5, 5.41) is 12.9. The lowest BCUT2D eigenvalue weighted by Gasteiger charge is -2.23. The van der Waals surface area contributed by atoms with Gasteiger partial charge in [-0.2, -0.15) is 0 Å². The summed E-state index contributed by atoms with van der Waals surface area (Å²) >= 11 is 0. The molecule has 0 aliphatic heterocycles. The quantitative estimate of drug-likeness (QED) is 0.148. The number of hydrogen-bond acceptors (Lipinski definition) is 7. The Bertz CT molecular complexity index is 1000. The van der Waals surface area contributed by atoms with Crippen molar-refractivity contribution in [1.82, 2.24) is 4.90 Å². The van der Waals surface area contributed by atoms with Crippen LogP contribution in [-0.2, 0) is 9.63 Å². The van der Waals surface area contributed by atoms with Crippen molar-refractivity contribution < 1.29 is 33.7 Å². The zero-order chi connectivity index (χ0) is 27.6. The molecule has 0 saturated carbocycles. The van der Waals surface area contributed by atoms with Crippen molar-refractivity contribution in [2.75, 3.05) is 39.5 Å². The molecule has 0 spiro atoms. The zero-order valence-electron chi connectivity index (χ0n) is 22.7. The van der Waals surface area contributed by atoms with Crippen molar-refractivity contribution in [2.45, 2.75) is 52.9 Å². The minimum absolute atomic E-state index is 0.172. The lowest BCUT2D eigenvalue weighted by molar-refractivity contribution is -0.139. The molecular weight excluding hydrogens is 488 g/mol. The fraction of sp³-hybridized carbons (Fsp3) is 0.483. The first-order valence-corrected chi connectivity index (χ1v) is 13.3. The van der Waals surface area contributed by atoms with Crippen LogP contribution < -0.4 is 14.2 Å². The third-order valence-electron chi connectivity index (χ3n) is 5.42. The molecule has 0 aliphatic rings. The highest BCUT2D eigenvalue weighted by Crippen LogP contribution is 2.27. The van der Waals surface area contributed by atoms with Gasteiger partial charge in [-0.05, 0) is 81.0 Å². The molecule has 1 amide bonds. The largest absolute Gasteiger partial charge is 0.494 e. The van der Waals surface area contributed by atoms with Gasteiger partial charge in [0.05, 0.1) is 25.0 Å². The van der Waals surface area contributed by atoms with E-state index in [2.05, 4.69) is 5.16 Å². The monoisotopic (exact) mass is 528 g/mol. The average molecular weight is 529 g/mol. The van der Waals surface area contributed by atoms with E-state index in [1.165, 1.54) is 0 Å². The summed E-state index contributed by atoms with van der Waals surface area (Å²) in [4.78, 5) is 30.8. The predicted octanol–water partition coefficient (Wildman–Crippen LogP) is 5.41. The third kappa shape index (κ3) is 11.1. The number of carbonyl (C=O) groups excluding carboxylic acids is 1. The van der Waals surface area contributed by atoms with Gasteiger partial charge < -0.3 is 29.1 Å². The van der Waals surface area contributed by atoms with Crippen LogP contribution >= 0.6 is 0 Å². The molecule has 0 atom stereocenters. The van der Waals surface area contributed by atoms with Crippen molar-refractivity contribution in [1.29, 1.82) is 0 Å². The highest BCUT2D eigenvalue weighted by Gasteiger charge is 2.20. The van der Waals surface area contributed by atoms with Crippen LogP contribution in [0.5, 0.6) is 17.2 Å². The fourth-order valence-corrected chi connectivity index (χ4v) is 3.64. The second-order valence-corrected chi connectivity index (χ2v) is 8.61. The van der Waals surface area contributed by atoms with Crippen LogP contribution in [-0.4, -0.2) is 67.6 Å². The minimum Gasteiger partial charge on any atom is -0.494 e. The van der Waals surface area contributed by atoms with Crippen LogP contribution in [0.15, 0.2) is 47.6 Å². The molecule has 0 saturated heterocycles. The zero-order valence-corrected chi connectivity index (χ0v) is 22.7. The van der Waals surface area contributed by atoms with E-state index in [4.69, 9.17) is 24.2 Å². The van der Waals surface area contributed by atoms with Crippen molar-refractivity contribution in [3.05, 3.63) is 53.6 Å². The first-order chi connectivity index (χ1) is 18.5. The molecule has 0 unspecified atom stereocenters.